The summed E-state index contributed by atoms with van der Waals surface area (Å²) in [5.41, 5.74) is 1.45. The van der Waals surface area contributed by atoms with Gasteiger partial charge in [0.2, 0.25) is 0 Å². The highest BCUT2D eigenvalue weighted by atomic mass is 79.9. The lowest BCUT2D eigenvalue weighted by Crippen LogP contribution is -2.48. The zero-order chi connectivity index (χ0) is 15.5. The molecule has 5 rings (SSSR count). The van der Waals surface area contributed by atoms with Crippen LogP contribution in [-0.4, -0.2) is 12.0 Å². The van der Waals surface area contributed by atoms with Crippen molar-refractivity contribution in [3.8, 4) is 5.75 Å². The molecule has 0 N–H and O–H groups in total. The van der Waals surface area contributed by atoms with Gasteiger partial charge in [-0.2, -0.15) is 0 Å². The first-order chi connectivity index (χ1) is 10.5. The fourth-order valence-electron chi connectivity index (χ4n) is 5.71. The highest BCUT2D eigenvalue weighted by Crippen LogP contribution is 2.62. The molecule has 0 unspecified atom stereocenters. The molecule has 0 amide bonds. The summed E-state index contributed by atoms with van der Waals surface area (Å²) < 4.78 is 6.13. The van der Waals surface area contributed by atoms with Gasteiger partial charge in [-0.15, -0.1) is 0 Å². The zero-order valence-corrected chi connectivity index (χ0v) is 14.3. The van der Waals surface area contributed by atoms with Crippen LogP contribution in [0.3, 0.4) is 0 Å². The van der Waals surface area contributed by atoms with Gasteiger partial charge in [0.1, 0.15) is 5.75 Å². The number of hydrogen-bond donors (Lipinski definition) is 0. The lowest BCUT2D eigenvalue weighted by molar-refractivity contribution is -0.385. The molecule has 22 heavy (non-hydrogen) atoms. The second kappa shape index (κ2) is 4.95. The molecule has 4 bridgehead atoms. The fourth-order valence-corrected chi connectivity index (χ4v) is 6.19. The molecule has 0 aromatic heterocycles. The number of benzene rings is 1. The quantitative estimate of drug-likeness (QED) is 0.569. The Hall–Kier alpha value is -1.10. The minimum absolute atomic E-state index is 0.0883. The Kier molecular flexibility index (Phi) is 3.26. The van der Waals surface area contributed by atoms with E-state index in [0.29, 0.717) is 10.2 Å². The summed E-state index contributed by atoms with van der Waals surface area (Å²) in [5, 5.41) is 11.2. The third-order valence-corrected chi connectivity index (χ3v) is 6.71. The van der Waals surface area contributed by atoms with Gasteiger partial charge in [0.05, 0.1) is 22.6 Å². The summed E-state index contributed by atoms with van der Waals surface area (Å²) in [6.07, 6.45) is 7.82. The van der Waals surface area contributed by atoms with Gasteiger partial charge < -0.3 is 4.74 Å². The van der Waals surface area contributed by atoms with Crippen molar-refractivity contribution in [3.63, 3.8) is 0 Å². The third kappa shape index (κ3) is 2.08. The monoisotopic (exact) mass is 365 g/mol. The van der Waals surface area contributed by atoms with Crippen LogP contribution in [0.25, 0.3) is 0 Å². The maximum Gasteiger partial charge on any atom is 0.287 e. The zero-order valence-electron chi connectivity index (χ0n) is 12.7. The highest BCUT2D eigenvalue weighted by molar-refractivity contribution is 9.10. The van der Waals surface area contributed by atoms with Crippen LogP contribution in [0, 0.1) is 27.9 Å². The molecule has 4 aliphatic carbocycles. The van der Waals surface area contributed by atoms with Crippen molar-refractivity contribution in [3.05, 3.63) is 32.3 Å². The van der Waals surface area contributed by atoms with E-state index in [0.717, 1.165) is 17.8 Å². The molecule has 118 valence electrons. The van der Waals surface area contributed by atoms with Gasteiger partial charge in [0, 0.05) is 5.56 Å². The Morgan fingerprint density at radius 3 is 2.18 bits per heavy atom. The molecule has 1 aromatic rings. The van der Waals surface area contributed by atoms with Gasteiger partial charge in [0.25, 0.3) is 5.69 Å². The number of rotatable bonds is 3. The average Bonchev–Trinajstić information content (AvgIpc) is 2.45. The van der Waals surface area contributed by atoms with Crippen molar-refractivity contribution in [2.24, 2.45) is 17.8 Å². The molecular formula is C17H20BrNO3. The van der Waals surface area contributed by atoms with Crippen molar-refractivity contribution in [1.29, 1.82) is 0 Å². The van der Waals surface area contributed by atoms with Gasteiger partial charge >= 0.3 is 0 Å². The van der Waals surface area contributed by atoms with Crippen LogP contribution in [0.1, 0.15) is 44.1 Å². The predicted molar refractivity (Wildman–Crippen MR) is 87.2 cm³/mol. The van der Waals surface area contributed by atoms with E-state index < -0.39 is 0 Å². The van der Waals surface area contributed by atoms with E-state index in [1.165, 1.54) is 44.1 Å². The van der Waals surface area contributed by atoms with E-state index in [1.54, 1.807) is 13.2 Å². The Morgan fingerprint density at radius 1 is 1.18 bits per heavy atom. The predicted octanol–water partition coefficient (Wildman–Crippen LogP) is 4.83. The van der Waals surface area contributed by atoms with Gasteiger partial charge in [0.15, 0.2) is 0 Å². The molecule has 0 spiro atoms. The Labute approximate surface area is 138 Å². The van der Waals surface area contributed by atoms with Crippen LogP contribution in [0.4, 0.5) is 5.69 Å². The maximum absolute atomic E-state index is 11.2. The van der Waals surface area contributed by atoms with E-state index in [2.05, 4.69) is 15.9 Å². The van der Waals surface area contributed by atoms with Gasteiger partial charge in [-0.3, -0.25) is 10.1 Å². The van der Waals surface area contributed by atoms with Gasteiger partial charge in [-0.1, -0.05) is 0 Å². The van der Waals surface area contributed by atoms with Crippen molar-refractivity contribution >= 4 is 21.6 Å². The second-order valence-electron chi connectivity index (χ2n) is 7.46. The number of methoxy groups -OCH3 is 1. The van der Waals surface area contributed by atoms with Crippen LogP contribution in [0.2, 0.25) is 0 Å². The first-order valence-electron chi connectivity index (χ1n) is 8.03. The van der Waals surface area contributed by atoms with E-state index in [1.807, 2.05) is 6.07 Å². The molecule has 4 fully saturated rings. The minimum atomic E-state index is -0.351. The van der Waals surface area contributed by atoms with Crippen LogP contribution in [0.15, 0.2) is 16.6 Å². The summed E-state index contributed by atoms with van der Waals surface area (Å²) in [4.78, 5) is 10.8. The van der Waals surface area contributed by atoms with Crippen LogP contribution < -0.4 is 4.74 Å². The van der Waals surface area contributed by atoms with Crippen LogP contribution in [0.5, 0.6) is 5.75 Å². The SMILES string of the molecule is COc1cc([N+](=O)[O-])c(Br)cc1C12CC3CC(CC(C3)C1)C2. The number of halogens is 1. The average molecular weight is 366 g/mol. The molecule has 0 saturated heterocycles. The Bertz CT molecular complexity index is 608. The molecule has 4 aliphatic rings. The Balaban J connectivity index is 1.82. The Morgan fingerprint density at radius 2 is 1.73 bits per heavy atom. The number of nitro groups is 1. The second-order valence-corrected chi connectivity index (χ2v) is 8.31. The summed E-state index contributed by atoms with van der Waals surface area (Å²) in [7, 11) is 1.62. The molecule has 1 aromatic carbocycles. The summed E-state index contributed by atoms with van der Waals surface area (Å²) in [6, 6.07) is 3.56. The minimum Gasteiger partial charge on any atom is -0.496 e. The van der Waals surface area contributed by atoms with Crippen LogP contribution in [-0.2, 0) is 5.41 Å². The first kappa shape index (κ1) is 14.5. The normalized spacial score (nSPS) is 35.6. The summed E-state index contributed by atoms with van der Waals surface area (Å²) in [5.74, 6) is 3.21. The number of hydrogen-bond acceptors (Lipinski definition) is 3. The summed E-state index contributed by atoms with van der Waals surface area (Å²) in [6.45, 7) is 0. The number of nitro benzene ring substituents is 1. The third-order valence-electron chi connectivity index (χ3n) is 6.08. The van der Waals surface area contributed by atoms with Crippen LogP contribution >= 0.6 is 15.9 Å². The van der Waals surface area contributed by atoms with Gasteiger partial charge in [-0.05, 0) is 83.7 Å². The lowest BCUT2D eigenvalue weighted by Gasteiger charge is -2.57. The smallest absolute Gasteiger partial charge is 0.287 e. The van der Waals surface area contributed by atoms with Crippen molar-refractivity contribution in [1.82, 2.24) is 0 Å². The highest BCUT2D eigenvalue weighted by Gasteiger charge is 2.52. The van der Waals surface area contributed by atoms with Crippen molar-refractivity contribution in [2.75, 3.05) is 7.11 Å². The van der Waals surface area contributed by atoms with E-state index in [4.69, 9.17) is 4.74 Å². The fraction of sp³-hybridized carbons (Fsp3) is 0.647. The van der Waals surface area contributed by atoms with E-state index in [9.17, 15) is 10.1 Å². The van der Waals surface area contributed by atoms with Gasteiger partial charge in [-0.25, -0.2) is 0 Å². The maximum atomic E-state index is 11.2. The molecule has 4 saturated carbocycles. The summed E-state index contributed by atoms with van der Waals surface area (Å²) >= 11 is 3.39. The number of ether oxygens (including phenoxy) is 1. The standard InChI is InChI=1S/C17H20BrNO3/c1-22-16-6-15(19(20)21)14(18)5-13(16)17-7-10-2-11(8-17)4-12(3-10)9-17/h5-6,10-12H,2-4,7-9H2,1H3. The molecular weight excluding hydrogens is 346 g/mol. The molecule has 4 nitrogen and oxygen atoms in total. The molecule has 0 heterocycles. The number of nitrogens with zero attached hydrogens (tertiary/aromatic N) is 1. The largest absolute Gasteiger partial charge is 0.496 e. The van der Waals surface area contributed by atoms with Crippen molar-refractivity contribution in [2.45, 2.75) is 43.9 Å². The molecule has 5 heteroatoms. The lowest BCUT2D eigenvalue weighted by atomic mass is 9.48. The van der Waals surface area contributed by atoms with E-state index in [-0.39, 0.29) is 16.0 Å². The first-order valence-corrected chi connectivity index (χ1v) is 8.82. The topological polar surface area (TPSA) is 52.4 Å². The molecule has 0 atom stereocenters. The molecule has 0 radical (unpaired) electrons. The van der Waals surface area contributed by atoms with Crippen molar-refractivity contribution < 1.29 is 9.66 Å². The molecule has 0 aliphatic heterocycles. The van der Waals surface area contributed by atoms with E-state index >= 15 is 0 Å².